The second-order valence-electron chi connectivity index (χ2n) is 6.71. The molecule has 0 bridgehead atoms. The monoisotopic (exact) mass is 367 g/mol. The van der Waals surface area contributed by atoms with Crippen molar-refractivity contribution in [3.8, 4) is 16.9 Å². The Labute approximate surface area is 164 Å². The van der Waals surface area contributed by atoms with Crippen LogP contribution in [0.2, 0.25) is 0 Å². The Morgan fingerprint density at radius 1 is 0.893 bits per heavy atom. The molecule has 1 N–H and O–H groups in total. The van der Waals surface area contributed by atoms with Crippen molar-refractivity contribution >= 4 is 5.91 Å². The number of carbonyl (C=O) groups excluding carboxylic acids is 1. The normalized spacial score (nSPS) is 10.6. The molecule has 1 amide bonds. The molecule has 0 saturated carbocycles. The summed E-state index contributed by atoms with van der Waals surface area (Å²) in [6.45, 7) is 2.52. The van der Waals surface area contributed by atoms with Crippen molar-refractivity contribution in [2.75, 3.05) is 0 Å². The molecule has 4 aromatic rings. The zero-order valence-corrected chi connectivity index (χ0v) is 15.7. The van der Waals surface area contributed by atoms with Crippen LogP contribution in [0.5, 0.6) is 0 Å². The summed E-state index contributed by atoms with van der Waals surface area (Å²) in [4.78, 5) is 13.0. The number of amides is 1. The van der Waals surface area contributed by atoms with Gasteiger partial charge in [0, 0.05) is 18.3 Å². The molecule has 0 saturated heterocycles. The van der Waals surface area contributed by atoms with E-state index in [0.29, 0.717) is 17.8 Å². The molecule has 0 aliphatic carbocycles. The van der Waals surface area contributed by atoms with E-state index >= 15 is 0 Å². The molecule has 1 aromatic heterocycles. The molecule has 0 unspecified atom stereocenters. The fourth-order valence-corrected chi connectivity index (χ4v) is 3.05. The van der Waals surface area contributed by atoms with E-state index in [1.54, 1.807) is 10.9 Å². The summed E-state index contributed by atoms with van der Waals surface area (Å²) in [6.07, 6.45) is 1.80. The third-order valence-corrected chi connectivity index (χ3v) is 4.60. The summed E-state index contributed by atoms with van der Waals surface area (Å²) < 4.78 is 1.76. The van der Waals surface area contributed by atoms with Crippen molar-refractivity contribution in [2.24, 2.45) is 0 Å². The molecule has 0 spiro atoms. The van der Waals surface area contributed by atoms with E-state index in [4.69, 9.17) is 5.10 Å². The molecule has 0 aliphatic rings. The standard InChI is InChI=1S/C24H21N3O/c1-18-12-14-20(15-13-18)23-22(17-27(26-23)21-10-6-3-7-11-21)24(28)25-16-19-8-4-2-5-9-19/h2-15,17H,16H2,1H3,(H,25,28). The first-order chi connectivity index (χ1) is 13.7. The number of benzene rings is 3. The van der Waals surface area contributed by atoms with Crippen LogP contribution in [0, 0.1) is 6.92 Å². The van der Waals surface area contributed by atoms with Crippen LogP contribution in [-0.2, 0) is 6.54 Å². The van der Waals surface area contributed by atoms with Gasteiger partial charge in [0.25, 0.3) is 5.91 Å². The lowest BCUT2D eigenvalue weighted by Crippen LogP contribution is -2.23. The Hall–Kier alpha value is -3.66. The third-order valence-electron chi connectivity index (χ3n) is 4.60. The van der Waals surface area contributed by atoms with Crippen molar-refractivity contribution < 1.29 is 4.79 Å². The highest BCUT2D eigenvalue weighted by Crippen LogP contribution is 2.24. The van der Waals surface area contributed by atoms with Crippen LogP contribution in [0.15, 0.2) is 91.1 Å². The summed E-state index contributed by atoms with van der Waals surface area (Å²) in [5.74, 6) is -0.137. The lowest BCUT2D eigenvalue weighted by molar-refractivity contribution is 0.0951. The highest BCUT2D eigenvalue weighted by molar-refractivity contribution is 5.99. The average molecular weight is 367 g/mol. The summed E-state index contributed by atoms with van der Waals surface area (Å²) in [6, 6.07) is 27.8. The van der Waals surface area contributed by atoms with Crippen molar-refractivity contribution in [1.29, 1.82) is 0 Å². The van der Waals surface area contributed by atoms with Crippen molar-refractivity contribution in [1.82, 2.24) is 15.1 Å². The van der Waals surface area contributed by atoms with E-state index in [1.165, 1.54) is 5.56 Å². The molecule has 4 nitrogen and oxygen atoms in total. The molecule has 4 heteroatoms. The molecule has 0 aliphatic heterocycles. The molecule has 0 fully saturated rings. The smallest absolute Gasteiger partial charge is 0.255 e. The number of para-hydroxylation sites is 1. The first kappa shape index (κ1) is 17.7. The van der Waals surface area contributed by atoms with Gasteiger partial charge in [-0.15, -0.1) is 0 Å². The van der Waals surface area contributed by atoms with E-state index < -0.39 is 0 Å². The lowest BCUT2D eigenvalue weighted by atomic mass is 10.1. The molecule has 0 atom stereocenters. The van der Waals surface area contributed by atoms with Gasteiger partial charge in [-0.1, -0.05) is 78.4 Å². The van der Waals surface area contributed by atoms with Gasteiger partial charge in [-0.25, -0.2) is 4.68 Å². The highest BCUT2D eigenvalue weighted by Gasteiger charge is 2.18. The maximum absolute atomic E-state index is 13.0. The minimum absolute atomic E-state index is 0.137. The van der Waals surface area contributed by atoms with E-state index in [0.717, 1.165) is 16.8 Å². The summed E-state index contributed by atoms with van der Waals surface area (Å²) in [5.41, 5.74) is 5.30. The number of hydrogen-bond donors (Lipinski definition) is 1. The third kappa shape index (κ3) is 3.86. The number of carbonyl (C=O) groups is 1. The van der Waals surface area contributed by atoms with Gasteiger partial charge in [-0.2, -0.15) is 5.10 Å². The largest absolute Gasteiger partial charge is 0.348 e. The van der Waals surface area contributed by atoms with E-state index in [1.807, 2.05) is 91.9 Å². The fraction of sp³-hybridized carbons (Fsp3) is 0.0833. The van der Waals surface area contributed by atoms with Crippen LogP contribution in [-0.4, -0.2) is 15.7 Å². The number of hydrogen-bond acceptors (Lipinski definition) is 2. The maximum atomic E-state index is 13.0. The molecule has 1 heterocycles. The van der Waals surface area contributed by atoms with Gasteiger partial charge < -0.3 is 5.32 Å². The molecule has 4 rings (SSSR count). The minimum atomic E-state index is -0.137. The Morgan fingerprint density at radius 2 is 1.54 bits per heavy atom. The number of nitrogens with one attached hydrogen (secondary N) is 1. The van der Waals surface area contributed by atoms with Gasteiger partial charge in [0.15, 0.2) is 0 Å². The van der Waals surface area contributed by atoms with Crippen LogP contribution in [0.4, 0.5) is 0 Å². The molecular weight excluding hydrogens is 346 g/mol. The average Bonchev–Trinajstić information content (AvgIpc) is 3.19. The Kier molecular flexibility index (Phi) is 5.02. The van der Waals surface area contributed by atoms with Crippen LogP contribution in [0.3, 0.4) is 0 Å². The van der Waals surface area contributed by atoms with Gasteiger partial charge in [-0.05, 0) is 24.6 Å². The SMILES string of the molecule is Cc1ccc(-c2nn(-c3ccccc3)cc2C(=O)NCc2ccccc2)cc1. The number of nitrogens with zero attached hydrogens (tertiary/aromatic N) is 2. The molecule has 3 aromatic carbocycles. The topological polar surface area (TPSA) is 46.9 Å². The van der Waals surface area contributed by atoms with Crippen molar-refractivity contribution in [3.63, 3.8) is 0 Å². The fourth-order valence-electron chi connectivity index (χ4n) is 3.05. The summed E-state index contributed by atoms with van der Waals surface area (Å²) >= 11 is 0. The van der Waals surface area contributed by atoms with E-state index in [2.05, 4.69) is 5.32 Å². The van der Waals surface area contributed by atoms with Crippen molar-refractivity contribution in [3.05, 3.63) is 108 Å². The predicted octanol–water partition coefficient (Wildman–Crippen LogP) is 4.78. The quantitative estimate of drug-likeness (QED) is 0.552. The zero-order valence-electron chi connectivity index (χ0n) is 15.7. The Morgan fingerprint density at radius 3 is 2.21 bits per heavy atom. The Bertz CT molecular complexity index is 1070. The maximum Gasteiger partial charge on any atom is 0.255 e. The highest BCUT2D eigenvalue weighted by atomic mass is 16.1. The number of rotatable bonds is 5. The second-order valence-corrected chi connectivity index (χ2v) is 6.71. The van der Waals surface area contributed by atoms with Gasteiger partial charge in [0.1, 0.15) is 5.69 Å². The lowest BCUT2D eigenvalue weighted by Gasteiger charge is -2.06. The first-order valence-electron chi connectivity index (χ1n) is 9.25. The van der Waals surface area contributed by atoms with Crippen LogP contribution >= 0.6 is 0 Å². The molecule has 28 heavy (non-hydrogen) atoms. The Balaban J connectivity index is 1.68. The number of aryl methyl sites for hydroxylation is 1. The predicted molar refractivity (Wildman–Crippen MR) is 111 cm³/mol. The molecule has 138 valence electrons. The van der Waals surface area contributed by atoms with Gasteiger partial charge in [-0.3, -0.25) is 4.79 Å². The van der Waals surface area contributed by atoms with Gasteiger partial charge in [0.05, 0.1) is 11.3 Å². The van der Waals surface area contributed by atoms with Gasteiger partial charge in [0.2, 0.25) is 0 Å². The van der Waals surface area contributed by atoms with E-state index in [-0.39, 0.29) is 5.91 Å². The summed E-state index contributed by atoms with van der Waals surface area (Å²) in [5, 5.41) is 7.72. The van der Waals surface area contributed by atoms with Crippen LogP contribution < -0.4 is 5.32 Å². The van der Waals surface area contributed by atoms with Crippen molar-refractivity contribution in [2.45, 2.75) is 13.5 Å². The van der Waals surface area contributed by atoms with E-state index in [9.17, 15) is 4.79 Å². The van der Waals surface area contributed by atoms with Gasteiger partial charge >= 0.3 is 0 Å². The van der Waals surface area contributed by atoms with Crippen LogP contribution in [0.25, 0.3) is 16.9 Å². The minimum Gasteiger partial charge on any atom is -0.348 e. The zero-order chi connectivity index (χ0) is 19.3. The number of aromatic nitrogens is 2. The molecular formula is C24H21N3O. The first-order valence-corrected chi connectivity index (χ1v) is 9.25. The molecule has 0 radical (unpaired) electrons. The van der Waals surface area contributed by atoms with Crippen LogP contribution in [0.1, 0.15) is 21.5 Å². The summed E-state index contributed by atoms with van der Waals surface area (Å²) in [7, 11) is 0. The second kappa shape index (κ2) is 7.92.